The van der Waals surface area contributed by atoms with Gasteiger partial charge in [0, 0.05) is 12.7 Å². The molecule has 0 saturated carbocycles. The second-order valence-electron chi connectivity index (χ2n) is 5.54. The number of nitrogens with zero attached hydrogens (tertiary/aromatic N) is 2. The average Bonchev–Trinajstić information content (AvgIpc) is 2.83. The Morgan fingerprint density at radius 1 is 0.950 bits per heavy atom. The van der Waals surface area contributed by atoms with Crippen molar-refractivity contribution in [3.8, 4) is 0 Å². The molecule has 2 aromatic rings. The number of unbranched alkanes of at least 4 members (excludes halogenated alkanes) is 3. The summed E-state index contributed by atoms with van der Waals surface area (Å²) in [6.07, 6.45) is 10.7. The zero-order valence-corrected chi connectivity index (χ0v) is 12.8. The van der Waals surface area contributed by atoms with E-state index in [1.54, 1.807) is 0 Å². The monoisotopic (exact) mass is 270 g/mol. The molecule has 0 aliphatic carbocycles. The minimum atomic E-state index is 1.09. The van der Waals surface area contributed by atoms with Crippen molar-refractivity contribution in [2.75, 3.05) is 0 Å². The molecule has 20 heavy (non-hydrogen) atoms. The third kappa shape index (κ3) is 4.22. The van der Waals surface area contributed by atoms with Crippen LogP contribution in [0.3, 0.4) is 0 Å². The normalized spacial score (nSPS) is 10.9. The SMILES string of the molecule is CCCCCCc1cnn(C)c1CCc1ccccc1. The minimum Gasteiger partial charge on any atom is -0.272 e. The number of hydrogen-bond donors (Lipinski definition) is 0. The topological polar surface area (TPSA) is 17.8 Å². The molecule has 0 amide bonds. The fraction of sp³-hybridized carbons (Fsp3) is 0.500. The molecule has 0 spiro atoms. The average molecular weight is 270 g/mol. The number of hydrogen-bond acceptors (Lipinski definition) is 1. The van der Waals surface area contributed by atoms with Gasteiger partial charge in [0.1, 0.15) is 0 Å². The number of rotatable bonds is 8. The summed E-state index contributed by atoms with van der Waals surface area (Å²) in [5.74, 6) is 0. The van der Waals surface area contributed by atoms with Crippen molar-refractivity contribution in [2.24, 2.45) is 7.05 Å². The lowest BCUT2D eigenvalue weighted by Gasteiger charge is -2.07. The summed E-state index contributed by atoms with van der Waals surface area (Å²) in [5, 5.41) is 4.44. The standard InChI is InChI=1S/C18H26N2/c1-3-4-5-9-12-17-15-19-20(2)18(17)14-13-16-10-7-6-8-11-16/h6-8,10-11,15H,3-5,9,12-14H2,1-2H3. The van der Waals surface area contributed by atoms with Crippen molar-refractivity contribution in [1.82, 2.24) is 9.78 Å². The lowest BCUT2D eigenvalue weighted by molar-refractivity contribution is 0.657. The highest BCUT2D eigenvalue weighted by molar-refractivity contribution is 5.21. The summed E-state index contributed by atoms with van der Waals surface area (Å²) in [6.45, 7) is 2.26. The molecule has 0 bridgehead atoms. The van der Waals surface area contributed by atoms with E-state index in [1.165, 1.54) is 48.9 Å². The zero-order chi connectivity index (χ0) is 14.2. The molecule has 0 saturated heterocycles. The van der Waals surface area contributed by atoms with Crippen molar-refractivity contribution in [3.63, 3.8) is 0 Å². The molecular formula is C18H26N2. The van der Waals surface area contributed by atoms with Crippen LogP contribution < -0.4 is 0 Å². The minimum absolute atomic E-state index is 1.09. The molecule has 108 valence electrons. The Labute approximate surface area is 122 Å². The summed E-state index contributed by atoms with van der Waals surface area (Å²) in [4.78, 5) is 0. The quantitative estimate of drug-likeness (QED) is 0.653. The molecule has 0 fully saturated rings. The Kier molecular flexibility index (Phi) is 5.85. The van der Waals surface area contributed by atoms with Gasteiger partial charge in [-0.15, -0.1) is 0 Å². The fourth-order valence-electron chi connectivity index (χ4n) is 2.69. The molecule has 0 aliphatic heterocycles. The molecule has 0 unspecified atom stereocenters. The van der Waals surface area contributed by atoms with E-state index in [1.807, 2.05) is 0 Å². The van der Waals surface area contributed by atoms with Gasteiger partial charge < -0.3 is 0 Å². The fourth-order valence-corrected chi connectivity index (χ4v) is 2.69. The maximum Gasteiger partial charge on any atom is 0.0524 e. The Bertz CT molecular complexity index is 499. The zero-order valence-electron chi connectivity index (χ0n) is 12.8. The van der Waals surface area contributed by atoms with Crippen LogP contribution in [0.4, 0.5) is 0 Å². The largest absolute Gasteiger partial charge is 0.272 e. The molecule has 1 heterocycles. The third-order valence-electron chi connectivity index (χ3n) is 3.94. The van der Waals surface area contributed by atoms with E-state index in [9.17, 15) is 0 Å². The van der Waals surface area contributed by atoms with Crippen LogP contribution in [0.5, 0.6) is 0 Å². The van der Waals surface area contributed by atoms with Crippen molar-refractivity contribution in [2.45, 2.75) is 51.9 Å². The van der Waals surface area contributed by atoms with E-state index < -0.39 is 0 Å². The van der Waals surface area contributed by atoms with Gasteiger partial charge in [0.15, 0.2) is 0 Å². The molecule has 0 aliphatic rings. The molecular weight excluding hydrogens is 244 g/mol. The molecule has 2 heteroatoms. The first-order chi connectivity index (χ1) is 9.81. The highest BCUT2D eigenvalue weighted by Gasteiger charge is 2.08. The van der Waals surface area contributed by atoms with Crippen LogP contribution >= 0.6 is 0 Å². The van der Waals surface area contributed by atoms with Crippen molar-refractivity contribution in [1.29, 1.82) is 0 Å². The first kappa shape index (κ1) is 14.8. The maximum atomic E-state index is 4.44. The van der Waals surface area contributed by atoms with Gasteiger partial charge in [0.25, 0.3) is 0 Å². The van der Waals surface area contributed by atoms with Crippen LogP contribution in [-0.2, 0) is 26.3 Å². The highest BCUT2D eigenvalue weighted by Crippen LogP contribution is 2.15. The van der Waals surface area contributed by atoms with Crippen molar-refractivity contribution < 1.29 is 0 Å². The lowest BCUT2D eigenvalue weighted by atomic mass is 10.0. The number of aryl methyl sites for hydroxylation is 3. The summed E-state index contributed by atoms with van der Waals surface area (Å²) >= 11 is 0. The smallest absolute Gasteiger partial charge is 0.0524 e. The second kappa shape index (κ2) is 7.88. The van der Waals surface area contributed by atoms with Crippen LogP contribution in [-0.4, -0.2) is 9.78 Å². The van der Waals surface area contributed by atoms with Gasteiger partial charge in [-0.25, -0.2) is 0 Å². The van der Waals surface area contributed by atoms with E-state index in [-0.39, 0.29) is 0 Å². The van der Waals surface area contributed by atoms with Gasteiger partial charge in [-0.1, -0.05) is 56.5 Å². The molecule has 1 aromatic carbocycles. The molecule has 2 nitrogen and oxygen atoms in total. The van der Waals surface area contributed by atoms with E-state index in [2.05, 4.69) is 60.3 Å². The summed E-state index contributed by atoms with van der Waals surface area (Å²) in [7, 11) is 2.07. The van der Waals surface area contributed by atoms with Crippen LogP contribution in [0.2, 0.25) is 0 Å². The third-order valence-corrected chi connectivity index (χ3v) is 3.94. The van der Waals surface area contributed by atoms with Crippen LogP contribution in [0.15, 0.2) is 36.5 Å². The summed E-state index contributed by atoms with van der Waals surface area (Å²) in [5.41, 5.74) is 4.26. The Morgan fingerprint density at radius 3 is 2.50 bits per heavy atom. The van der Waals surface area contributed by atoms with Gasteiger partial charge in [-0.3, -0.25) is 4.68 Å². The highest BCUT2D eigenvalue weighted by atomic mass is 15.3. The van der Waals surface area contributed by atoms with Gasteiger partial charge in [-0.05, 0) is 36.8 Å². The van der Waals surface area contributed by atoms with Crippen molar-refractivity contribution >= 4 is 0 Å². The van der Waals surface area contributed by atoms with Gasteiger partial charge in [0.2, 0.25) is 0 Å². The first-order valence-corrected chi connectivity index (χ1v) is 7.85. The van der Waals surface area contributed by atoms with Crippen LogP contribution in [0, 0.1) is 0 Å². The van der Waals surface area contributed by atoms with Gasteiger partial charge >= 0.3 is 0 Å². The van der Waals surface area contributed by atoms with Gasteiger partial charge in [0.05, 0.1) is 6.20 Å². The molecule has 1 aromatic heterocycles. The predicted octanol–water partition coefficient (Wildman–Crippen LogP) is 4.33. The summed E-state index contributed by atoms with van der Waals surface area (Å²) in [6, 6.07) is 10.7. The van der Waals surface area contributed by atoms with Crippen molar-refractivity contribution in [3.05, 3.63) is 53.3 Å². The Balaban J connectivity index is 1.91. The van der Waals surface area contributed by atoms with E-state index in [4.69, 9.17) is 0 Å². The Morgan fingerprint density at radius 2 is 1.75 bits per heavy atom. The molecule has 2 rings (SSSR count). The van der Waals surface area contributed by atoms with Gasteiger partial charge in [-0.2, -0.15) is 5.10 Å². The Hall–Kier alpha value is -1.57. The lowest BCUT2D eigenvalue weighted by Crippen LogP contribution is -2.03. The first-order valence-electron chi connectivity index (χ1n) is 7.85. The molecule has 0 N–H and O–H groups in total. The van der Waals surface area contributed by atoms with Crippen LogP contribution in [0.25, 0.3) is 0 Å². The van der Waals surface area contributed by atoms with E-state index in [0.29, 0.717) is 0 Å². The summed E-state index contributed by atoms with van der Waals surface area (Å²) < 4.78 is 2.05. The van der Waals surface area contributed by atoms with Crippen LogP contribution in [0.1, 0.15) is 49.4 Å². The van der Waals surface area contributed by atoms with E-state index in [0.717, 1.165) is 12.8 Å². The van der Waals surface area contributed by atoms with E-state index >= 15 is 0 Å². The molecule has 0 atom stereocenters. The predicted molar refractivity (Wildman–Crippen MR) is 84.9 cm³/mol. The maximum absolute atomic E-state index is 4.44. The molecule has 0 radical (unpaired) electrons. The number of aromatic nitrogens is 2. The second-order valence-corrected chi connectivity index (χ2v) is 5.54. The number of benzene rings is 1.